The van der Waals surface area contributed by atoms with E-state index >= 15 is 0 Å². The number of hydrogen-bond acceptors (Lipinski definition) is 3. The Morgan fingerprint density at radius 1 is 1.16 bits per heavy atom. The zero-order chi connectivity index (χ0) is 13.5. The Morgan fingerprint density at radius 2 is 1.84 bits per heavy atom. The highest BCUT2D eigenvalue weighted by molar-refractivity contribution is 5.92. The number of rotatable bonds is 3. The molecule has 1 heterocycles. The number of amides is 1. The van der Waals surface area contributed by atoms with E-state index in [2.05, 4.69) is 15.6 Å². The van der Waals surface area contributed by atoms with E-state index < -0.39 is 0 Å². The maximum absolute atomic E-state index is 12.2. The van der Waals surface area contributed by atoms with Crippen LogP contribution in [0.3, 0.4) is 0 Å². The first kappa shape index (κ1) is 13.8. The number of pyridine rings is 1. The molecule has 2 rings (SSSR count). The molecule has 1 aromatic heterocycles. The first-order valence-electron chi connectivity index (χ1n) is 7.25. The molecule has 1 aliphatic rings. The summed E-state index contributed by atoms with van der Waals surface area (Å²) < 4.78 is 0. The fourth-order valence-corrected chi connectivity index (χ4v) is 2.56. The normalized spacial score (nSPS) is 17.3. The summed E-state index contributed by atoms with van der Waals surface area (Å²) in [6, 6.07) is 5.78. The number of carbonyl (C=O) groups is 1. The fraction of sp³-hybridized carbons (Fsp3) is 0.600. The summed E-state index contributed by atoms with van der Waals surface area (Å²) in [6.45, 7) is 0. The molecular formula is C15H23N3O. The second-order valence-electron chi connectivity index (χ2n) is 5.17. The number of hydrogen-bond donors (Lipinski definition) is 2. The average molecular weight is 261 g/mol. The van der Waals surface area contributed by atoms with Crippen LogP contribution in [0.5, 0.6) is 0 Å². The van der Waals surface area contributed by atoms with E-state index in [1.807, 2.05) is 12.1 Å². The van der Waals surface area contributed by atoms with Crippen molar-refractivity contribution in [3.05, 3.63) is 23.9 Å². The van der Waals surface area contributed by atoms with Crippen LogP contribution in [0.4, 0.5) is 5.82 Å². The lowest BCUT2D eigenvalue weighted by molar-refractivity contribution is 0.0925. The Morgan fingerprint density at radius 3 is 2.53 bits per heavy atom. The standard InChI is InChI=1S/C15H23N3O/c1-16-14-11-7-10-13(18-14)15(19)17-12-8-5-3-2-4-6-9-12/h7,10-12H,2-6,8-9H2,1H3,(H,16,18)(H,17,19). The summed E-state index contributed by atoms with van der Waals surface area (Å²) in [5, 5.41) is 6.08. The predicted octanol–water partition coefficient (Wildman–Crippen LogP) is 2.97. The van der Waals surface area contributed by atoms with E-state index in [0.717, 1.165) is 18.7 Å². The van der Waals surface area contributed by atoms with Crippen molar-refractivity contribution in [1.29, 1.82) is 0 Å². The van der Waals surface area contributed by atoms with Crippen molar-refractivity contribution >= 4 is 11.7 Å². The molecule has 0 spiro atoms. The van der Waals surface area contributed by atoms with Gasteiger partial charge in [-0.2, -0.15) is 0 Å². The molecule has 19 heavy (non-hydrogen) atoms. The van der Waals surface area contributed by atoms with Gasteiger partial charge in [-0.05, 0) is 25.0 Å². The molecule has 0 aromatic carbocycles. The summed E-state index contributed by atoms with van der Waals surface area (Å²) in [6.07, 6.45) is 8.55. The smallest absolute Gasteiger partial charge is 0.270 e. The van der Waals surface area contributed by atoms with Crippen molar-refractivity contribution in [2.45, 2.75) is 51.0 Å². The van der Waals surface area contributed by atoms with Crippen LogP contribution < -0.4 is 10.6 Å². The molecule has 0 saturated heterocycles. The zero-order valence-electron chi connectivity index (χ0n) is 11.6. The Bertz CT molecular complexity index is 412. The van der Waals surface area contributed by atoms with E-state index in [0.29, 0.717) is 11.7 Å². The zero-order valence-corrected chi connectivity index (χ0v) is 11.6. The van der Waals surface area contributed by atoms with Crippen molar-refractivity contribution in [1.82, 2.24) is 10.3 Å². The van der Waals surface area contributed by atoms with Crippen LogP contribution in [0.25, 0.3) is 0 Å². The molecular weight excluding hydrogens is 238 g/mol. The van der Waals surface area contributed by atoms with Crippen LogP contribution in [-0.2, 0) is 0 Å². The molecule has 1 amide bonds. The molecule has 1 fully saturated rings. The number of nitrogens with zero attached hydrogens (tertiary/aromatic N) is 1. The molecule has 1 aromatic rings. The van der Waals surface area contributed by atoms with Crippen molar-refractivity contribution in [3.63, 3.8) is 0 Å². The molecule has 0 atom stereocenters. The number of aromatic nitrogens is 1. The van der Waals surface area contributed by atoms with Gasteiger partial charge in [0, 0.05) is 13.1 Å². The largest absolute Gasteiger partial charge is 0.373 e. The van der Waals surface area contributed by atoms with Crippen LogP contribution in [0.2, 0.25) is 0 Å². The van der Waals surface area contributed by atoms with Gasteiger partial charge in [-0.15, -0.1) is 0 Å². The Labute approximate surface area is 115 Å². The van der Waals surface area contributed by atoms with E-state index in [1.54, 1.807) is 13.1 Å². The van der Waals surface area contributed by atoms with Crippen LogP contribution in [-0.4, -0.2) is 24.0 Å². The second-order valence-corrected chi connectivity index (χ2v) is 5.17. The molecule has 0 radical (unpaired) electrons. The van der Waals surface area contributed by atoms with Gasteiger partial charge in [0.1, 0.15) is 11.5 Å². The molecule has 4 heteroatoms. The third-order valence-corrected chi connectivity index (χ3v) is 3.68. The third kappa shape index (κ3) is 4.23. The lowest BCUT2D eigenvalue weighted by Crippen LogP contribution is -2.35. The summed E-state index contributed by atoms with van der Waals surface area (Å²) in [5.74, 6) is 0.674. The molecule has 0 unspecified atom stereocenters. The topological polar surface area (TPSA) is 54.0 Å². The van der Waals surface area contributed by atoms with E-state index in [-0.39, 0.29) is 5.91 Å². The first-order valence-corrected chi connectivity index (χ1v) is 7.25. The van der Waals surface area contributed by atoms with Crippen molar-refractivity contribution in [3.8, 4) is 0 Å². The van der Waals surface area contributed by atoms with Crippen molar-refractivity contribution in [2.75, 3.05) is 12.4 Å². The Balaban J connectivity index is 1.94. The quantitative estimate of drug-likeness (QED) is 0.879. The van der Waals surface area contributed by atoms with Crippen LogP contribution in [0, 0.1) is 0 Å². The number of carbonyl (C=O) groups excluding carboxylic acids is 1. The van der Waals surface area contributed by atoms with Gasteiger partial charge >= 0.3 is 0 Å². The van der Waals surface area contributed by atoms with Crippen molar-refractivity contribution < 1.29 is 4.79 Å². The summed E-state index contributed by atoms with van der Waals surface area (Å²) >= 11 is 0. The highest BCUT2D eigenvalue weighted by Gasteiger charge is 2.15. The minimum atomic E-state index is -0.0531. The third-order valence-electron chi connectivity index (χ3n) is 3.68. The molecule has 1 aliphatic carbocycles. The summed E-state index contributed by atoms with van der Waals surface area (Å²) in [4.78, 5) is 16.5. The van der Waals surface area contributed by atoms with Crippen LogP contribution >= 0.6 is 0 Å². The van der Waals surface area contributed by atoms with Gasteiger partial charge in [0.25, 0.3) is 5.91 Å². The Hall–Kier alpha value is -1.58. The van der Waals surface area contributed by atoms with Crippen LogP contribution in [0.1, 0.15) is 55.4 Å². The van der Waals surface area contributed by atoms with Gasteiger partial charge in [-0.3, -0.25) is 4.79 Å². The predicted molar refractivity (Wildman–Crippen MR) is 77.4 cm³/mol. The highest BCUT2D eigenvalue weighted by Crippen LogP contribution is 2.17. The first-order chi connectivity index (χ1) is 9.29. The van der Waals surface area contributed by atoms with Gasteiger partial charge in [0.05, 0.1) is 0 Å². The highest BCUT2D eigenvalue weighted by atomic mass is 16.1. The lowest BCUT2D eigenvalue weighted by Gasteiger charge is -2.20. The maximum atomic E-state index is 12.2. The van der Waals surface area contributed by atoms with Gasteiger partial charge in [0.2, 0.25) is 0 Å². The molecule has 1 saturated carbocycles. The molecule has 0 aliphatic heterocycles. The molecule has 104 valence electrons. The SMILES string of the molecule is CNc1cccc(C(=O)NC2CCCCCCC2)n1. The maximum Gasteiger partial charge on any atom is 0.270 e. The minimum Gasteiger partial charge on any atom is -0.373 e. The van der Waals surface area contributed by atoms with Gasteiger partial charge in [-0.25, -0.2) is 4.98 Å². The Kier molecular flexibility index (Phi) is 5.19. The number of nitrogens with one attached hydrogen (secondary N) is 2. The van der Waals surface area contributed by atoms with E-state index in [9.17, 15) is 4.79 Å². The minimum absolute atomic E-state index is 0.0531. The van der Waals surface area contributed by atoms with Crippen LogP contribution in [0.15, 0.2) is 18.2 Å². The average Bonchev–Trinajstić information content (AvgIpc) is 2.41. The van der Waals surface area contributed by atoms with Gasteiger partial charge in [-0.1, -0.05) is 38.2 Å². The van der Waals surface area contributed by atoms with Gasteiger partial charge in [0.15, 0.2) is 0 Å². The number of anilines is 1. The van der Waals surface area contributed by atoms with E-state index in [4.69, 9.17) is 0 Å². The lowest BCUT2D eigenvalue weighted by atomic mass is 9.96. The fourth-order valence-electron chi connectivity index (χ4n) is 2.56. The monoisotopic (exact) mass is 261 g/mol. The van der Waals surface area contributed by atoms with Gasteiger partial charge < -0.3 is 10.6 Å². The summed E-state index contributed by atoms with van der Waals surface area (Å²) in [7, 11) is 1.80. The molecule has 2 N–H and O–H groups in total. The molecule has 4 nitrogen and oxygen atoms in total. The second kappa shape index (κ2) is 7.12. The van der Waals surface area contributed by atoms with Crippen molar-refractivity contribution in [2.24, 2.45) is 0 Å². The van der Waals surface area contributed by atoms with E-state index in [1.165, 1.54) is 32.1 Å². The molecule has 0 bridgehead atoms. The summed E-state index contributed by atoms with van der Waals surface area (Å²) in [5.41, 5.74) is 0.494.